The number of sulfonamides is 1. The zero-order chi connectivity index (χ0) is 22.6. The molecule has 2 heterocycles. The summed E-state index contributed by atoms with van der Waals surface area (Å²) in [6.07, 6.45) is 2.75. The van der Waals surface area contributed by atoms with E-state index in [9.17, 15) is 13.2 Å². The lowest BCUT2D eigenvalue weighted by Gasteiger charge is -2.25. The Morgan fingerprint density at radius 2 is 1.59 bits per heavy atom. The van der Waals surface area contributed by atoms with Gasteiger partial charge in [-0.2, -0.15) is 4.31 Å². The third kappa shape index (κ3) is 5.03. The molecule has 2 N–H and O–H groups in total. The minimum atomic E-state index is -3.66. The van der Waals surface area contributed by atoms with Crippen molar-refractivity contribution in [1.82, 2.24) is 4.31 Å². The molecule has 1 aliphatic rings. The van der Waals surface area contributed by atoms with Crippen LogP contribution in [-0.2, 0) is 10.0 Å². The summed E-state index contributed by atoms with van der Waals surface area (Å²) in [6, 6.07) is 19.2. The number of hydrogen-bond acceptors (Lipinski definition) is 5. The number of benzene rings is 2. The molecular weight excluding hydrogens is 442 g/mol. The van der Waals surface area contributed by atoms with Crippen molar-refractivity contribution in [2.45, 2.75) is 37.1 Å². The van der Waals surface area contributed by atoms with Crippen LogP contribution in [0.4, 0.5) is 11.4 Å². The van der Waals surface area contributed by atoms with Gasteiger partial charge < -0.3 is 10.6 Å². The van der Waals surface area contributed by atoms with Crippen molar-refractivity contribution >= 4 is 38.6 Å². The number of nitrogens with one attached hydrogen (secondary N) is 2. The van der Waals surface area contributed by atoms with Gasteiger partial charge in [0.25, 0.3) is 5.91 Å². The number of carbonyl (C=O) groups excluding carboxylic acids is 1. The van der Waals surface area contributed by atoms with E-state index in [1.165, 1.54) is 15.9 Å². The second kappa shape index (κ2) is 9.85. The lowest BCUT2D eigenvalue weighted by Crippen LogP contribution is -2.36. The Morgan fingerprint density at radius 3 is 2.28 bits per heavy atom. The van der Waals surface area contributed by atoms with Crippen LogP contribution in [0.3, 0.4) is 0 Å². The molecule has 1 fully saturated rings. The molecule has 0 aliphatic carbocycles. The number of thiophene rings is 1. The quantitative estimate of drug-likeness (QED) is 0.489. The highest BCUT2D eigenvalue weighted by Crippen LogP contribution is 2.28. The van der Waals surface area contributed by atoms with Crippen molar-refractivity contribution in [2.24, 2.45) is 0 Å². The second-order valence-corrected chi connectivity index (χ2v) is 10.7. The van der Waals surface area contributed by atoms with Gasteiger partial charge in [0.1, 0.15) is 9.77 Å². The van der Waals surface area contributed by atoms with E-state index in [0.29, 0.717) is 18.8 Å². The van der Waals surface area contributed by atoms with Crippen LogP contribution in [0.1, 0.15) is 47.5 Å². The number of amides is 1. The van der Waals surface area contributed by atoms with E-state index in [0.717, 1.165) is 36.3 Å². The normalized spacial score (nSPS) is 15.8. The third-order valence-corrected chi connectivity index (χ3v) is 8.58. The maximum atomic E-state index is 13.0. The van der Waals surface area contributed by atoms with Gasteiger partial charge in [-0.25, -0.2) is 8.42 Å². The molecule has 8 heteroatoms. The standard InChI is InChI=1S/C24H27N3O3S2/c1-18(19-8-4-2-5-9-19)25-20-10-12-21(13-11-20)26-24(28)23-22(14-17-31-23)32(29,30)27-15-6-3-7-16-27/h2,4-5,8-14,17-18,25H,3,6-7,15-16H2,1H3,(H,26,28). The summed E-state index contributed by atoms with van der Waals surface area (Å²) in [5.41, 5.74) is 2.73. The van der Waals surface area contributed by atoms with Crippen LogP contribution < -0.4 is 10.6 Å². The molecule has 4 rings (SSSR count). The van der Waals surface area contributed by atoms with Crippen LogP contribution in [0.5, 0.6) is 0 Å². The number of rotatable bonds is 7. The van der Waals surface area contributed by atoms with Crippen LogP contribution in [0.2, 0.25) is 0 Å². The summed E-state index contributed by atoms with van der Waals surface area (Å²) >= 11 is 1.15. The lowest BCUT2D eigenvalue weighted by molar-refractivity contribution is 0.102. The van der Waals surface area contributed by atoms with Crippen molar-refractivity contribution in [1.29, 1.82) is 0 Å². The number of nitrogens with zero attached hydrogens (tertiary/aromatic N) is 1. The molecule has 3 aromatic rings. The molecule has 168 valence electrons. The average molecular weight is 470 g/mol. The van der Waals surface area contributed by atoms with E-state index in [2.05, 4.69) is 29.7 Å². The highest BCUT2D eigenvalue weighted by Gasteiger charge is 2.31. The predicted molar refractivity (Wildman–Crippen MR) is 130 cm³/mol. The van der Waals surface area contributed by atoms with Crippen LogP contribution in [0.25, 0.3) is 0 Å². The Morgan fingerprint density at radius 1 is 0.938 bits per heavy atom. The van der Waals surface area contributed by atoms with E-state index in [1.54, 1.807) is 5.38 Å². The van der Waals surface area contributed by atoms with E-state index >= 15 is 0 Å². The predicted octanol–water partition coefficient (Wildman–Crippen LogP) is 5.35. The van der Waals surface area contributed by atoms with Crippen LogP contribution in [0, 0.1) is 0 Å². The van der Waals surface area contributed by atoms with Gasteiger partial charge in [-0.1, -0.05) is 36.8 Å². The molecule has 1 amide bonds. The Balaban J connectivity index is 1.43. The molecule has 1 atom stereocenters. The number of hydrogen-bond donors (Lipinski definition) is 2. The van der Waals surface area contributed by atoms with Crippen molar-refractivity contribution < 1.29 is 13.2 Å². The first-order valence-corrected chi connectivity index (χ1v) is 13.1. The molecule has 0 bridgehead atoms. The van der Waals surface area contributed by atoms with Gasteiger partial charge in [-0.3, -0.25) is 4.79 Å². The molecular formula is C24H27N3O3S2. The van der Waals surface area contributed by atoms with Gasteiger partial charge in [-0.05, 0) is 61.0 Å². The highest BCUT2D eigenvalue weighted by molar-refractivity contribution is 7.89. The fraction of sp³-hybridized carbons (Fsp3) is 0.292. The van der Waals surface area contributed by atoms with Gasteiger partial charge in [0.05, 0.1) is 0 Å². The first-order valence-electron chi connectivity index (χ1n) is 10.8. The van der Waals surface area contributed by atoms with Crippen LogP contribution in [0.15, 0.2) is 70.9 Å². The monoisotopic (exact) mass is 469 g/mol. The fourth-order valence-corrected chi connectivity index (χ4v) is 6.64. The van der Waals surface area contributed by atoms with Gasteiger partial charge in [0.2, 0.25) is 10.0 Å². The Bertz CT molecular complexity index is 1150. The second-order valence-electron chi connectivity index (χ2n) is 7.89. The summed E-state index contributed by atoms with van der Waals surface area (Å²) in [6.45, 7) is 3.11. The van der Waals surface area contributed by atoms with Crippen molar-refractivity contribution in [3.63, 3.8) is 0 Å². The van der Waals surface area contributed by atoms with Gasteiger partial charge in [0, 0.05) is 30.5 Å². The summed E-state index contributed by atoms with van der Waals surface area (Å²) < 4.78 is 27.6. The summed E-state index contributed by atoms with van der Waals surface area (Å²) in [5, 5.41) is 7.93. The summed E-state index contributed by atoms with van der Waals surface area (Å²) in [5.74, 6) is -0.408. The largest absolute Gasteiger partial charge is 0.379 e. The summed E-state index contributed by atoms with van der Waals surface area (Å²) in [7, 11) is -3.66. The molecule has 6 nitrogen and oxygen atoms in total. The van der Waals surface area contributed by atoms with E-state index in [1.807, 2.05) is 42.5 Å². The Kier molecular flexibility index (Phi) is 6.93. The van der Waals surface area contributed by atoms with Crippen molar-refractivity contribution in [2.75, 3.05) is 23.7 Å². The molecule has 2 aromatic carbocycles. The molecule has 1 aliphatic heterocycles. The van der Waals surface area contributed by atoms with E-state index in [-0.39, 0.29) is 15.8 Å². The smallest absolute Gasteiger partial charge is 0.267 e. The van der Waals surface area contributed by atoms with Gasteiger partial charge in [0.15, 0.2) is 0 Å². The Hall–Kier alpha value is -2.68. The molecule has 0 saturated carbocycles. The Labute approximate surface area is 193 Å². The molecule has 32 heavy (non-hydrogen) atoms. The average Bonchev–Trinajstić information content (AvgIpc) is 3.33. The highest BCUT2D eigenvalue weighted by atomic mass is 32.2. The van der Waals surface area contributed by atoms with Crippen LogP contribution >= 0.6 is 11.3 Å². The number of carbonyl (C=O) groups is 1. The van der Waals surface area contributed by atoms with Gasteiger partial charge >= 0.3 is 0 Å². The number of piperidine rings is 1. The summed E-state index contributed by atoms with van der Waals surface area (Å²) in [4.78, 5) is 13.2. The molecule has 1 aromatic heterocycles. The molecule has 0 radical (unpaired) electrons. The maximum absolute atomic E-state index is 13.0. The topological polar surface area (TPSA) is 78.5 Å². The minimum Gasteiger partial charge on any atom is -0.379 e. The van der Waals surface area contributed by atoms with Crippen molar-refractivity contribution in [3.05, 3.63) is 76.5 Å². The zero-order valence-corrected chi connectivity index (χ0v) is 19.6. The van der Waals surface area contributed by atoms with Crippen LogP contribution in [-0.4, -0.2) is 31.7 Å². The molecule has 0 spiro atoms. The first kappa shape index (κ1) is 22.5. The number of anilines is 2. The van der Waals surface area contributed by atoms with E-state index < -0.39 is 15.9 Å². The fourth-order valence-electron chi connectivity index (χ4n) is 3.82. The molecule has 1 unspecified atom stereocenters. The third-order valence-electron chi connectivity index (χ3n) is 5.59. The zero-order valence-electron chi connectivity index (χ0n) is 18.0. The minimum absolute atomic E-state index is 0.0943. The van der Waals surface area contributed by atoms with Crippen molar-refractivity contribution in [3.8, 4) is 0 Å². The molecule has 1 saturated heterocycles. The first-order chi connectivity index (χ1) is 15.4. The SMILES string of the molecule is CC(Nc1ccc(NC(=O)c2sccc2S(=O)(=O)N2CCCCC2)cc1)c1ccccc1. The lowest BCUT2D eigenvalue weighted by atomic mass is 10.1. The van der Waals surface area contributed by atoms with E-state index in [4.69, 9.17) is 0 Å². The van der Waals surface area contributed by atoms with Gasteiger partial charge in [-0.15, -0.1) is 11.3 Å². The maximum Gasteiger partial charge on any atom is 0.267 e.